The van der Waals surface area contributed by atoms with E-state index in [1.54, 1.807) is 11.8 Å². The van der Waals surface area contributed by atoms with E-state index in [1.807, 2.05) is 0 Å². The van der Waals surface area contributed by atoms with Gasteiger partial charge in [0, 0.05) is 19.3 Å². The van der Waals surface area contributed by atoms with Crippen molar-refractivity contribution in [1.82, 2.24) is 15.2 Å². The number of nitrogens with one attached hydrogen (secondary N) is 1. The lowest BCUT2D eigenvalue weighted by atomic mass is 10.2. The average Bonchev–Trinajstić information content (AvgIpc) is 2.92. The maximum Gasteiger partial charge on any atom is 0.256 e. The third kappa shape index (κ3) is 3.07. The summed E-state index contributed by atoms with van der Waals surface area (Å²) in [6.45, 7) is 3.05. The molecule has 2 heterocycles. The summed E-state index contributed by atoms with van der Waals surface area (Å²) in [4.78, 5) is 29.0. The number of halogens is 1. The molecule has 6 heteroatoms. The highest BCUT2D eigenvalue weighted by atomic mass is 19.1. The molecule has 1 fully saturated rings. The van der Waals surface area contributed by atoms with E-state index in [0.717, 1.165) is 25.9 Å². The van der Waals surface area contributed by atoms with Crippen LogP contribution in [-0.4, -0.2) is 40.8 Å². The van der Waals surface area contributed by atoms with E-state index in [1.165, 1.54) is 18.3 Å². The Morgan fingerprint density at radius 2 is 2.11 bits per heavy atom. The van der Waals surface area contributed by atoms with Crippen molar-refractivity contribution >= 4 is 11.8 Å². The number of pyridine rings is 1. The molecular formula is C13H16FN3O2. The molecule has 0 radical (unpaired) electrons. The third-order valence-electron chi connectivity index (χ3n) is 3.14. The third-order valence-corrected chi connectivity index (χ3v) is 3.14. The number of rotatable bonds is 3. The van der Waals surface area contributed by atoms with Gasteiger partial charge in [-0.2, -0.15) is 4.39 Å². The van der Waals surface area contributed by atoms with Crippen LogP contribution in [0.4, 0.5) is 4.39 Å². The van der Waals surface area contributed by atoms with E-state index in [-0.39, 0.29) is 11.5 Å². The molecule has 1 aliphatic heterocycles. The van der Waals surface area contributed by atoms with Crippen LogP contribution in [0.1, 0.15) is 30.1 Å². The molecule has 1 aromatic rings. The number of hydrogen-bond acceptors (Lipinski definition) is 3. The molecule has 19 heavy (non-hydrogen) atoms. The molecule has 1 atom stereocenters. The first-order valence-corrected chi connectivity index (χ1v) is 6.30. The van der Waals surface area contributed by atoms with Crippen LogP contribution in [0.15, 0.2) is 18.3 Å². The summed E-state index contributed by atoms with van der Waals surface area (Å²) in [5.41, 5.74) is -0.149. The molecule has 0 aliphatic carbocycles. The first kappa shape index (κ1) is 13.5. The Bertz CT molecular complexity index is 487. The van der Waals surface area contributed by atoms with Gasteiger partial charge in [-0.3, -0.25) is 9.59 Å². The minimum Gasteiger partial charge on any atom is -0.341 e. The van der Waals surface area contributed by atoms with Gasteiger partial charge in [0.2, 0.25) is 11.9 Å². The van der Waals surface area contributed by atoms with Crippen molar-refractivity contribution in [3.05, 3.63) is 29.8 Å². The normalized spacial score (nSPS) is 16.2. The van der Waals surface area contributed by atoms with Gasteiger partial charge in [0.15, 0.2) is 0 Å². The molecule has 1 aromatic heterocycles. The molecule has 0 bridgehead atoms. The second-order valence-corrected chi connectivity index (χ2v) is 4.57. The van der Waals surface area contributed by atoms with Crippen LogP contribution in [0.5, 0.6) is 0 Å². The predicted molar refractivity (Wildman–Crippen MR) is 66.9 cm³/mol. The van der Waals surface area contributed by atoms with Crippen molar-refractivity contribution in [3.8, 4) is 0 Å². The molecule has 5 nitrogen and oxygen atoms in total. The monoisotopic (exact) mass is 265 g/mol. The molecular weight excluding hydrogens is 249 g/mol. The van der Waals surface area contributed by atoms with E-state index in [0.29, 0.717) is 0 Å². The summed E-state index contributed by atoms with van der Waals surface area (Å²) >= 11 is 0. The lowest BCUT2D eigenvalue weighted by molar-refractivity contribution is -0.131. The first-order chi connectivity index (χ1) is 9.09. The van der Waals surface area contributed by atoms with Crippen LogP contribution in [0, 0.1) is 5.95 Å². The minimum absolute atomic E-state index is 0.129. The SMILES string of the molecule is CC(NC(=O)c1cccnc1F)C(=O)N1CCCC1. The van der Waals surface area contributed by atoms with E-state index in [9.17, 15) is 14.0 Å². The Morgan fingerprint density at radius 1 is 1.42 bits per heavy atom. The van der Waals surface area contributed by atoms with Gasteiger partial charge in [0.1, 0.15) is 6.04 Å². The van der Waals surface area contributed by atoms with Gasteiger partial charge in [-0.1, -0.05) is 0 Å². The van der Waals surface area contributed by atoms with E-state index < -0.39 is 17.9 Å². The molecule has 0 spiro atoms. The topological polar surface area (TPSA) is 62.3 Å². The van der Waals surface area contributed by atoms with Crippen molar-refractivity contribution in [1.29, 1.82) is 0 Å². The van der Waals surface area contributed by atoms with Gasteiger partial charge in [-0.05, 0) is 31.9 Å². The van der Waals surface area contributed by atoms with Crippen LogP contribution in [0.2, 0.25) is 0 Å². The second-order valence-electron chi connectivity index (χ2n) is 4.57. The fraction of sp³-hybridized carbons (Fsp3) is 0.462. The Kier molecular flexibility index (Phi) is 4.09. The van der Waals surface area contributed by atoms with Crippen LogP contribution >= 0.6 is 0 Å². The van der Waals surface area contributed by atoms with Crippen molar-refractivity contribution in [2.45, 2.75) is 25.8 Å². The predicted octanol–water partition coefficient (Wildman–Crippen LogP) is 0.961. The quantitative estimate of drug-likeness (QED) is 0.828. The van der Waals surface area contributed by atoms with Gasteiger partial charge in [0.25, 0.3) is 5.91 Å². The van der Waals surface area contributed by atoms with Crippen molar-refractivity contribution < 1.29 is 14.0 Å². The highest BCUT2D eigenvalue weighted by molar-refractivity contribution is 5.97. The number of aromatic nitrogens is 1. The van der Waals surface area contributed by atoms with Crippen molar-refractivity contribution in [2.75, 3.05) is 13.1 Å². The highest BCUT2D eigenvalue weighted by Gasteiger charge is 2.25. The lowest BCUT2D eigenvalue weighted by Gasteiger charge is -2.21. The van der Waals surface area contributed by atoms with Crippen LogP contribution < -0.4 is 5.32 Å². The van der Waals surface area contributed by atoms with Gasteiger partial charge in [-0.25, -0.2) is 4.98 Å². The summed E-state index contributed by atoms with van der Waals surface area (Å²) in [6, 6.07) is 2.15. The highest BCUT2D eigenvalue weighted by Crippen LogP contribution is 2.10. The maximum absolute atomic E-state index is 13.3. The second kappa shape index (κ2) is 5.77. The van der Waals surface area contributed by atoms with Crippen LogP contribution in [-0.2, 0) is 4.79 Å². The molecule has 1 aliphatic rings. The molecule has 2 rings (SSSR count). The summed E-state index contributed by atoms with van der Waals surface area (Å²) in [6.07, 6.45) is 3.25. The van der Waals surface area contributed by atoms with Crippen LogP contribution in [0.25, 0.3) is 0 Å². The molecule has 102 valence electrons. The van der Waals surface area contributed by atoms with E-state index >= 15 is 0 Å². The number of carbonyl (C=O) groups is 2. The molecule has 2 amide bonds. The summed E-state index contributed by atoms with van der Waals surface area (Å²) in [5, 5.41) is 2.50. The molecule has 0 saturated carbocycles. The zero-order valence-corrected chi connectivity index (χ0v) is 10.7. The number of carbonyl (C=O) groups excluding carboxylic acids is 2. The number of hydrogen-bond donors (Lipinski definition) is 1. The fourth-order valence-corrected chi connectivity index (χ4v) is 2.10. The molecule has 0 aromatic carbocycles. The van der Waals surface area contributed by atoms with Gasteiger partial charge in [0.05, 0.1) is 5.56 Å². The van der Waals surface area contributed by atoms with E-state index in [2.05, 4.69) is 10.3 Å². The largest absolute Gasteiger partial charge is 0.341 e. The molecule has 1 N–H and O–H groups in total. The zero-order valence-electron chi connectivity index (χ0n) is 10.7. The maximum atomic E-state index is 13.3. The number of nitrogens with zero attached hydrogens (tertiary/aromatic N) is 2. The van der Waals surface area contributed by atoms with Gasteiger partial charge >= 0.3 is 0 Å². The molecule has 1 unspecified atom stereocenters. The van der Waals surface area contributed by atoms with Crippen LogP contribution in [0.3, 0.4) is 0 Å². The van der Waals surface area contributed by atoms with Gasteiger partial charge < -0.3 is 10.2 Å². The summed E-state index contributed by atoms with van der Waals surface area (Å²) < 4.78 is 13.3. The Hall–Kier alpha value is -1.98. The zero-order chi connectivity index (χ0) is 13.8. The Labute approximate surface area is 110 Å². The van der Waals surface area contributed by atoms with Crippen molar-refractivity contribution in [3.63, 3.8) is 0 Å². The number of likely N-dealkylation sites (tertiary alicyclic amines) is 1. The standard InChI is InChI=1S/C13H16FN3O2/c1-9(13(19)17-7-2-3-8-17)16-12(18)10-5-4-6-15-11(10)14/h4-6,9H,2-3,7-8H2,1H3,(H,16,18). The summed E-state index contributed by atoms with van der Waals surface area (Å²) in [5.74, 6) is -1.58. The van der Waals surface area contributed by atoms with Gasteiger partial charge in [-0.15, -0.1) is 0 Å². The Balaban J connectivity index is 1.98. The minimum atomic E-state index is -0.833. The lowest BCUT2D eigenvalue weighted by Crippen LogP contribution is -2.46. The molecule has 1 saturated heterocycles. The first-order valence-electron chi connectivity index (χ1n) is 6.30. The smallest absolute Gasteiger partial charge is 0.256 e. The number of amides is 2. The van der Waals surface area contributed by atoms with E-state index in [4.69, 9.17) is 0 Å². The fourth-order valence-electron chi connectivity index (χ4n) is 2.10. The Morgan fingerprint density at radius 3 is 2.74 bits per heavy atom. The average molecular weight is 265 g/mol. The van der Waals surface area contributed by atoms with Crippen molar-refractivity contribution in [2.24, 2.45) is 0 Å². The summed E-state index contributed by atoms with van der Waals surface area (Å²) in [7, 11) is 0.